The maximum atomic E-state index is 5.35. The van der Waals surface area contributed by atoms with Gasteiger partial charge in [-0.2, -0.15) is 5.10 Å². The lowest BCUT2D eigenvalue weighted by molar-refractivity contribution is 0.372. The summed E-state index contributed by atoms with van der Waals surface area (Å²) < 4.78 is 10.5. The van der Waals surface area contributed by atoms with Gasteiger partial charge in [0.25, 0.3) is 0 Å². The van der Waals surface area contributed by atoms with Gasteiger partial charge in [-0.3, -0.25) is 5.10 Å². The smallest absolute Gasteiger partial charge is 0.192 e. The van der Waals surface area contributed by atoms with Crippen LogP contribution in [0.1, 0.15) is 44.0 Å². The summed E-state index contributed by atoms with van der Waals surface area (Å²) in [5.41, 5.74) is 1.85. The highest BCUT2D eigenvalue weighted by atomic mass is 16.5. The van der Waals surface area contributed by atoms with Crippen LogP contribution in [0, 0.1) is 0 Å². The molecule has 0 saturated carbocycles. The van der Waals surface area contributed by atoms with E-state index < -0.39 is 0 Å². The van der Waals surface area contributed by atoms with Crippen LogP contribution in [-0.2, 0) is 13.1 Å². The number of guanidine groups is 1. The van der Waals surface area contributed by atoms with E-state index in [0.29, 0.717) is 36.6 Å². The molecule has 29 heavy (non-hydrogen) atoms. The molecule has 0 aliphatic rings. The van der Waals surface area contributed by atoms with Crippen molar-refractivity contribution in [1.29, 1.82) is 0 Å². The molecule has 9 nitrogen and oxygen atoms in total. The summed E-state index contributed by atoms with van der Waals surface area (Å²) in [5.74, 6) is 3.86. The van der Waals surface area contributed by atoms with Crippen LogP contribution in [0.15, 0.2) is 39.8 Å². The lowest BCUT2D eigenvalue weighted by Crippen LogP contribution is -2.36. The summed E-state index contributed by atoms with van der Waals surface area (Å²) in [6.07, 6.45) is 0. The van der Waals surface area contributed by atoms with Gasteiger partial charge in [0.05, 0.1) is 19.3 Å². The van der Waals surface area contributed by atoms with E-state index in [1.165, 1.54) is 0 Å². The average molecular weight is 397 g/mol. The third-order valence-electron chi connectivity index (χ3n) is 4.21. The standard InChI is InChI=1S/C20H27N7O2/c1-5-21-20(22-11-16-10-17(13(2)3)27-29-16)23-12-18-24-19(26-25-18)14-6-8-15(28-4)9-7-14/h6-10,13H,5,11-12H2,1-4H3,(H2,21,22,23)(H,24,25,26). The second-order valence-electron chi connectivity index (χ2n) is 6.76. The van der Waals surface area contributed by atoms with Gasteiger partial charge in [-0.15, -0.1) is 0 Å². The minimum absolute atomic E-state index is 0.334. The highest BCUT2D eigenvalue weighted by molar-refractivity contribution is 5.79. The molecule has 0 bridgehead atoms. The van der Waals surface area contributed by atoms with Crippen LogP contribution in [0.3, 0.4) is 0 Å². The molecule has 0 atom stereocenters. The summed E-state index contributed by atoms with van der Waals surface area (Å²) in [5, 5.41) is 17.7. The van der Waals surface area contributed by atoms with Gasteiger partial charge in [-0.05, 0) is 37.1 Å². The molecule has 0 fully saturated rings. The summed E-state index contributed by atoms with van der Waals surface area (Å²) in [4.78, 5) is 9.06. The zero-order valence-corrected chi connectivity index (χ0v) is 17.2. The summed E-state index contributed by atoms with van der Waals surface area (Å²) >= 11 is 0. The second-order valence-corrected chi connectivity index (χ2v) is 6.76. The number of aromatic amines is 1. The molecule has 0 spiro atoms. The molecule has 0 radical (unpaired) electrons. The molecule has 9 heteroatoms. The number of nitrogens with zero attached hydrogens (tertiary/aromatic N) is 4. The number of rotatable bonds is 8. The Balaban J connectivity index is 1.61. The maximum absolute atomic E-state index is 5.35. The zero-order valence-electron chi connectivity index (χ0n) is 17.2. The molecular formula is C20H27N7O2. The first-order valence-electron chi connectivity index (χ1n) is 9.62. The van der Waals surface area contributed by atoms with Gasteiger partial charge in [0, 0.05) is 18.2 Å². The van der Waals surface area contributed by atoms with Crippen LogP contribution >= 0.6 is 0 Å². The fourth-order valence-corrected chi connectivity index (χ4v) is 2.59. The van der Waals surface area contributed by atoms with Gasteiger partial charge in [0.15, 0.2) is 17.5 Å². The van der Waals surface area contributed by atoms with E-state index in [9.17, 15) is 0 Å². The second kappa shape index (κ2) is 9.72. The lowest BCUT2D eigenvalue weighted by atomic mass is 10.1. The highest BCUT2D eigenvalue weighted by Gasteiger charge is 2.09. The fraction of sp³-hybridized carbons (Fsp3) is 0.400. The third kappa shape index (κ3) is 5.56. The molecule has 0 amide bonds. The van der Waals surface area contributed by atoms with E-state index in [4.69, 9.17) is 9.26 Å². The summed E-state index contributed by atoms with van der Waals surface area (Å²) in [7, 11) is 1.64. The Labute approximate surface area is 170 Å². The van der Waals surface area contributed by atoms with Crippen LogP contribution in [0.25, 0.3) is 11.4 Å². The van der Waals surface area contributed by atoms with E-state index >= 15 is 0 Å². The number of hydrogen-bond donors (Lipinski definition) is 3. The normalized spacial score (nSPS) is 11.7. The van der Waals surface area contributed by atoms with E-state index in [-0.39, 0.29) is 0 Å². The first-order chi connectivity index (χ1) is 14.1. The Morgan fingerprint density at radius 1 is 1.24 bits per heavy atom. The predicted molar refractivity (Wildman–Crippen MR) is 111 cm³/mol. The maximum Gasteiger partial charge on any atom is 0.192 e. The van der Waals surface area contributed by atoms with E-state index in [0.717, 1.165) is 29.3 Å². The van der Waals surface area contributed by atoms with E-state index in [2.05, 4.69) is 49.8 Å². The van der Waals surface area contributed by atoms with Crippen molar-refractivity contribution in [2.75, 3.05) is 13.7 Å². The highest BCUT2D eigenvalue weighted by Crippen LogP contribution is 2.19. The third-order valence-corrected chi connectivity index (χ3v) is 4.21. The van der Waals surface area contributed by atoms with Gasteiger partial charge in [-0.25, -0.2) is 9.98 Å². The van der Waals surface area contributed by atoms with Crippen LogP contribution < -0.4 is 15.4 Å². The molecule has 0 aliphatic carbocycles. The number of methoxy groups -OCH3 is 1. The average Bonchev–Trinajstić information content (AvgIpc) is 3.40. The molecule has 2 heterocycles. The Bertz CT molecular complexity index is 928. The summed E-state index contributed by atoms with van der Waals surface area (Å²) in [6.45, 7) is 7.79. The minimum atomic E-state index is 0.334. The van der Waals surface area contributed by atoms with Crippen molar-refractivity contribution in [1.82, 2.24) is 31.0 Å². The zero-order chi connectivity index (χ0) is 20.6. The van der Waals surface area contributed by atoms with Crippen LogP contribution in [0.4, 0.5) is 0 Å². The lowest BCUT2D eigenvalue weighted by Gasteiger charge is -2.09. The number of aliphatic imine (C=N–C) groups is 1. The van der Waals surface area contributed by atoms with Crippen molar-refractivity contribution in [2.24, 2.45) is 4.99 Å². The Kier molecular flexibility index (Phi) is 6.83. The largest absolute Gasteiger partial charge is 0.497 e. The molecule has 3 rings (SSSR count). The summed E-state index contributed by atoms with van der Waals surface area (Å²) in [6, 6.07) is 9.56. The molecule has 0 saturated heterocycles. The predicted octanol–water partition coefficient (Wildman–Crippen LogP) is 2.85. The first-order valence-corrected chi connectivity index (χ1v) is 9.62. The topological polar surface area (TPSA) is 113 Å². The molecule has 0 unspecified atom stereocenters. The number of H-pyrrole nitrogens is 1. The Morgan fingerprint density at radius 3 is 2.69 bits per heavy atom. The molecular weight excluding hydrogens is 370 g/mol. The fourth-order valence-electron chi connectivity index (χ4n) is 2.59. The molecule has 154 valence electrons. The number of ether oxygens (including phenoxy) is 1. The van der Waals surface area contributed by atoms with Crippen molar-refractivity contribution in [2.45, 2.75) is 39.8 Å². The van der Waals surface area contributed by atoms with Gasteiger partial charge >= 0.3 is 0 Å². The Morgan fingerprint density at radius 2 is 2.03 bits per heavy atom. The van der Waals surface area contributed by atoms with Crippen LogP contribution in [0.2, 0.25) is 0 Å². The number of aromatic nitrogens is 4. The van der Waals surface area contributed by atoms with Crippen molar-refractivity contribution in [3.8, 4) is 17.1 Å². The van der Waals surface area contributed by atoms with Crippen molar-refractivity contribution in [3.05, 3.63) is 47.6 Å². The van der Waals surface area contributed by atoms with E-state index in [1.807, 2.05) is 37.3 Å². The van der Waals surface area contributed by atoms with Crippen LogP contribution in [0.5, 0.6) is 5.75 Å². The molecule has 3 aromatic rings. The minimum Gasteiger partial charge on any atom is -0.497 e. The molecule has 0 aliphatic heterocycles. The first kappa shape index (κ1) is 20.4. The van der Waals surface area contributed by atoms with Gasteiger partial charge < -0.3 is 19.9 Å². The molecule has 1 aromatic carbocycles. The van der Waals surface area contributed by atoms with E-state index in [1.54, 1.807) is 7.11 Å². The van der Waals surface area contributed by atoms with Gasteiger partial charge in [0.2, 0.25) is 0 Å². The van der Waals surface area contributed by atoms with Gasteiger partial charge in [0.1, 0.15) is 18.1 Å². The Hall–Kier alpha value is -3.36. The number of nitrogens with one attached hydrogen (secondary N) is 3. The van der Waals surface area contributed by atoms with Crippen LogP contribution in [-0.4, -0.2) is 40.0 Å². The molecule has 3 N–H and O–H groups in total. The van der Waals surface area contributed by atoms with Crippen molar-refractivity contribution >= 4 is 5.96 Å². The number of benzene rings is 1. The monoisotopic (exact) mass is 397 g/mol. The quantitative estimate of drug-likeness (QED) is 0.396. The number of hydrogen-bond acceptors (Lipinski definition) is 6. The SMILES string of the molecule is CCNC(=NCc1nc(-c2ccc(OC)cc2)n[nH]1)NCc1cc(C(C)C)no1. The molecule has 2 aromatic heterocycles. The van der Waals surface area contributed by atoms with Gasteiger partial charge in [-0.1, -0.05) is 19.0 Å². The van der Waals surface area contributed by atoms with Crippen molar-refractivity contribution in [3.63, 3.8) is 0 Å². The van der Waals surface area contributed by atoms with Crippen molar-refractivity contribution < 1.29 is 9.26 Å².